The molecule has 0 fully saturated rings. The third-order valence-electron chi connectivity index (χ3n) is 0.942. The Balaban J connectivity index is 2.69. The second-order valence-corrected chi connectivity index (χ2v) is 1.73. The highest BCUT2D eigenvalue weighted by molar-refractivity contribution is 5.84. The average Bonchev–Trinajstić information content (AvgIpc) is 2.36. The van der Waals surface area contributed by atoms with Crippen LogP contribution in [-0.4, -0.2) is 22.7 Å². The van der Waals surface area contributed by atoms with Gasteiger partial charge in [0.1, 0.15) is 0 Å². The van der Waals surface area contributed by atoms with E-state index in [0.29, 0.717) is 0 Å². The second-order valence-electron chi connectivity index (χ2n) is 1.73. The van der Waals surface area contributed by atoms with Crippen molar-refractivity contribution in [3.05, 3.63) is 12.2 Å². The predicted octanol–water partition coefficient (Wildman–Crippen LogP) is 0.557. The van der Waals surface area contributed by atoms with Crippen molar-refractivity contribution < 1.29 is 19.1 Å². The molecule has 0 amide bonds. The van der Waals surface area contributed by atoms with Gasteiger partial charge in [0, 0.05) is 0 Å². The lowest BCUT2D eigenvalue weighted by Gasteiger charge is -1.93. The Kier molecular flexibility index (Phi) is 2.10. The standard InChI is InChI=1S/C6H7NO4/c1-2-10-6(9)5-7-4(8)3-11-5/h3,8H,2H2,1H3. The van der Waals surface area contributed by atoms with Crippen LogP contribution in [0.25, 0.3) is 0 Å². The Labute approximate surface area is 62.6 Å². The van der Waals surface area contributed by atoms with Crippen LogP contribution in [0.4, 0.5) is 0 Å². The van der Waals surface area contributed by atoms with Gasteiger partial charge in [-0.15, -0.1) is 0 Å². The lowest BCUT2D eigenvalue weighted by molar-refractivity contribution is 0.0480. The predicted molar refractivity (Wildman–Crippen MR) is 34.1 cm³/mol. The Bertz CT molecular complexity index is 255. The maximum Gasteiger partial charge on any atom is 0.394 e. The van der Waals surface area contributed by atoms with Crippen molar-refractivity contribution in [3.63, 3.8) is 0 Å². The van der Waals surface area contributed by atoms with Crippen molar-refractivity contribution in [1.82, 2.24) is 4.98 Å². The zero-order valence-electron chi connectivity index (χ0n) is 5.90. The van der Waals surface area contributed by atoms with Gasteiger partial charge >= 0.3 is 11.9 Å². The van der Waals surface area contributed by atoms with Gasteiger partial charge in [0.05, 0.1) is 6.61 Å². The molecule has 1 heterocycles. The van der Waals surface area contributed by atoms with E-state index < -0.39 is 5.97 Å². The lowest BCUT2D eigenvalue weighted by atomic mass is 10.6. The molecule has 0 atom stereocenters. The van der Waals surface area contributed by atoms with E-state index >= 15 is 0 Å². The van der Waals surface area contributed by atoms with Crippen molar-refractivity contribution >= 4 is 5.97 Å². The summed E-state index contributed by atoms with van der Waals surface area (Å²) in [5, 5.41) is 8.66. The van der Waals surface area contributed by atoms with Crippen LogP contribution in [0.1, 0.15) is 17.6 Å². The highest BCUT2D eigenvalue weighted by atomic mass is 16.5. The molecule has 0 aliphatic rings. The summed E-state index contributed by atoms with van der Waals surface area (Å²) in [5.41, 5.74) is 0. The van der Waals surface area contributed by atoms with E-state index in [2.05, 4.69) is 14.1 Å². The summed E-state index contributed by atoms with van der Waals surface area (Å²) in [4.78, 5) is 14.1. The van der Waals surface area contributed by atoms with Crippen LogP contribution < -0.4 is 0 Å². The normalized spacial score (nSPS) is 9.55. The fourth-order valence-corrected chi connectivity index (χ4v) is 0.552. The number of nitrogens with zero attached hydrogens (tertiary/aromatic N) is 1. The van der Waals surface area contributed by atoms with Gasteiger partial charge in [-0.05, 0) is 6.92 Å². The van der Waals surface area contributed by atoms with E-state index in [1.807, 2.05) is 0 Å². The van der Waals surface area contributed by atoms with E-state index in [1.54, 1.807) is 6.92 Å². The lowest BCUT2D eigenvalue weighted by Crippen LogP contribution is -2.04. The van der Waals surface area contributed by atoms with Crippen LogP contribution in [0.5, 0.6) is 5.88 Å². The van der Waals surface area contributed by atoms with Gasteiger partial charge in [-0.2, -0.15) is 4.98 Å². The fourth-order valence-electron chi connectivity index (χ4n) is 0.552. The molecule has 1 rings (SSSR count). The van der Waals surface area contributed by atoms with Gasteiger partial charge in [0.25, 0.3) is 5.88 Å². The molecule has 0 saturated heterocycles. The maximum absolute atomic E-state index is 10.8. The van der Waals surface area contributed by atoms with Crippen LogP contribution in [0.2, 0.25) is 0 Å². The first-order valence-corrected chi connectivity index (χ1v) is 3.05. The van der Waals surface area contributed by atoms with Crippen LogP contribution in [0.15, 0.2) is 10.7 Å². The maximum atomic E-state index is 10.8. The van der Waals surface area contributed by atoms with Crippen molar-refractivity contribution in [2.24, 2.45) is 0 Å². The first kappa shape index (κ1) is 7.59. The van der Waals surface area contributed by atoms with E-state index in [4.69, 9.17) is 5.11 Å². The summed E-state index contributed by atoms with van der Waals surface area (Å²) in [5.74, 6) is -1.23. The van der Waals surface area contributed by atoms with E-state index in [0.717, 1.165) is 6.26 Å². The number of hydrogen-bond acceptors (Lipinski definition) is 5. The number of carbonyl (C=O) groups excluding carboxylic acids is 1. The Morgan fingerprint density at radius 2 is 2.64 bits per heavy atom. The molecule has 0 aromatic carbocycles. The smallest absolute Gasteiger partial charge is 0.394 e. The largest absolute Gasteiger partial charge is 0.491 e. The minimum Gasteiger partial charge on any atom is -0.491 e. The number of carbonyl (C=O) groups is 1. The van der Waals surface area contributed by atoms with Crippen LogP contribution in [0, 0.1) is 0 Å². The Morgan fingerprint density at radius 3 is 3.09 bits per heavy atom. The van der Waals surface area contributed by atoms with E-state index in [1.165, 1.54) is 0 Å². The summed E-state index contributed by atoms with van der Waals surface area (Å²) in [7, 11) is 0. The van der Waals surface area contributed by atoms with Gasteiger partial charge in [-0.1, -0.05) is 0 Å². The van der Waals surface area contributed by atoms with Gasteiger partial charge in [-0.25, -0.2) is 4.79 Å². The highest BCUT2D eigenvalue weighted by Gasteiger charge is 2.13. The molecule has 1 aromatic heterocycles. The molecular weight excluding hydrogens is 150 g/mol. The summed E-state index contributed by atoms with van der Waals surface area (Å²) in [6, 6.07) is 0. The monoisotopic (exact) mass is 157 g/mol. The molecule has 1 aromatic rings. The molecule has 60 valence electrons. The first-order valence-electron chi connectivity index (χ1n) is 3.05. The average molecular weight is 157 g/mol. The molecule has 5 nitrogen and oxygen atoms in total. The molecule has 5 heteroatoms. The number of hydrogen-bond donors (Lipinski definition) is 1. The number of oxazole rings is 1. The topological polar surface area (TPSA) is 72.6 Å². The molecule has 0 radical (unpaired) electrons. The molecular formula is C6H7NO4. The molecule has 0 aliphatic heterocycles. The zero-order chi connectivity index (χ0) is 8.27. The zero-order valence-corrected chi connectivity index (χ0v) is 5.90. The van der Waals surface area contributed by atoms with Crippen molar-refractivity contribution in [2.75, 3.05) is 6.61 Å². The van der Waals surface area contributed by atoms with Gasteiger partial charge < -0.3 is 14.3 Å². The van der Waals surface area contributed by atoms with Crippen molar-refractivity contribution in [3.8, 4) is 5.88 Å². The quantitative estimate of drug-likeness (QED) is 0.635. The summed E-state index contributed by atoms with van der Waals surface area (Å²) < 4.78 is 9.08. The molecule has 0 bridgehead atoms. The van der Waals surface area contributed by atoms with Gasteiger partial charge in [0.2, 0.25) is 0 Å². The molecule has 0 spiro atoms. The van der Waals surface area contributed by atoms with E-state index in [9.17, 15) is 4.79 Å². The minimum atomic E-state index is -0.673. The number of rotatable bonds is 2. The SMILES string of the molecule is CCOC(=O)c1nc(O)co1. The van der Waals surface area contributed by atoms with Crippen molar-refractivity contribution in [1.29, 1.82) is 0 Å². The highest BCUT2D eigenvalue weighted by Crippen LogP contribution is 2.07. The molecule has 0 unspecified atom stereocenters. The number of aromatic nitrogens is 1. The summed E-state index contributed by atoms with van der Waals surface area (Å²) in [6.45, 7) is 1.92. The third kappa shape index (κ3) is 1.70. The van der Waals surface area contributed by atoms with E-state index in [-0.39, 0.29) is 18.4 Å². The molecule has 0 saturated carbocycles. The third-order valence-corrected chi connectivity index (χ3v) is 0.942. The Morgan fingerprint density at radius 1 is 1.91 bits per heavy atom. The number of aromatic hydroxyl groups is 1. The van der Waals surface area contributed by atoms with Gasteiger partial charge in [-0.3, -0.25) is 0 Å². The Hall–Kier alpha value is -1.52. The number of esters is 1. The van der Waals surface area contributed by atoms with Gasteiger partial charge in [0.15, 0.2) is 6.26 Å². The molecule has 0 aliphatic carbocycles. The van der Waals surface area contributed by atoms with Crippen molar-refractivity contribution in [2.45, 2.75) is 6.92 Å². The van der Waals surface area contributed by atoms with Crippen LogP contribution in [0.3, 0.4) is 0 Å². The summed E-state index contributed by atoms with van der Waals surface area (Å²) >= 11 is 0. The minimum absolute atomic E-state index is 0.232. The molecule has 1 N–H and O–H groups in total. The summed E-state index contributed by atoms with van der Waals surface area (Å²) in [6.07, 6.45) is 0.965. The molecule has 11 heavy (non-hydrogen) atoms. The number of ether oxygens (including phenoxy) is 1. The van der Waals surface area contributed by atoms with Crippen LogP contribution in [-0.2, 0) is 4.74 Å². The second kappa shape index (κ2) is 3.05. The first-order chi connectivity index (χ1) is 5.24. The fraction of sp³-hybridized carbons (Fsp3) is 0.333. The van der Waals surface area contributed by atoms with Crippen LogP contribution >= 0.6 is 0 Å².